The molecule has 0 aliphatic carbocycles. The van der Waals surface area contributed by atoms with E-state index in [0.29, 0.717) is 0 Å². The molecule has 22 heavy (non-hydrogen) atoms. The van der Waals surface area contributed by atoms with E-state index in [1.807, 2.05) is 0 Å². The van der Waals surface area contributed by atoms with Crippen molar-refractivity contribution in [1.29, 1.82) is 0 Å². The van der Waals surface area contributed by atoms with Crippen LogP contribution in [0.3, 0.4) is 0 Å². The zero-order chi connectivity index (χ0) is 17.1. The summed E-state index contributed by atoms with van der Waals surface area (Å²) in [6.07, 6.45) is -4.44. The highest BCUT2D eigenvalue weighted by Gasteiger charge is 2.59. The van der Waals surface area contributed by atoms with E-state index in [9.17, 15) is 24.3 Å². The topological polar surface area (TPSA) is 151 Å². The van der Waals surface area contributed by atoms with Crippen molar-refractivity contribution in [2.75, 3.05) is 6.61 Å². The van der Waals surface area contributed by atoms with Crippen LogP contribution in [-0.2, 0) is 38.1 Å². The quantitative estimate of drug-likeness (QED) is 0.442. The zero-order valence-electron chi connectivity index (χ0n) is 12.2. The summed E-state index contributed by atoms with van der Waals surface area (Å²) in [7, 11) is 0. The molecule has 0 aromatic carbocycles. The van der Waals surface area contributed by atoms with Gasteiger partial charge in [0.25, 0.3) is 11.7 Å². The molecule has 10 heteroatoms. The lowest BCUT2D eigenvalue weighted by atomic mass is 9.95. The van der Waals surface area contributed by atoms with Crippen molar-refractivity contribution in [3.8, 4) is 0 Å². The third-order valence-corrected chi connectivity index (χ3v) is 2.78. The summed E-state index contributed by atoms with van der Waals surface area (Å²) in [6, 6.07) is 0. The fraction of sp³-hybridized carbons (Fsp3) is 0.667. The normalized spacial score (nSPS) is 31.0. The molecule has 3 unspecified atom stereocenters. The first kappa shape index (κ1) is 17.9. The molecule has 1 saturated heterocycles. The molecule has 1 aliphatic rings. The van der Waals surface area contributed by atoms with Crippen molar-refractivity contribution in [3.05, 3.63) is 0 Å². The summed E-state index contributed by atoms with van der Waals surface area (Å²) >= 11 is 0. The number of hydrogen-bond donors (Lipinski definition) is 2. The Morgan fingerprint density at radius 3 is 1.95 bits per heavy atom. The summed E-state index contributed by atoms with van der Waals surface area (Å²) in [6.45, 7) is 2.66. The van der Waals surface area contributed by atoms with Gasteiger partial charge in [-0.2, -0.15) is 0 Å². The molecule has 1 rings (SSSR count). The largest absolute Gasteiger partial charge is 0.456 e. The lowest BCUT2D eigenvalue weighted by molar-refractivity contribution is -0.308. The fourth-order valence-corrected chi connectivity index (χ4v) is 1.98. The van der Waals surface area contributed by atoms with Gasteiger partial charge in [-0.25, -0.2) is 0 Å². The average molecular weight is 319 g/mol. The van der Waals surface area contributed by atoms with Crippen LogP contribution in [0.15, 0.2) is 0 Å². The molecule has 1 amide bonds. The summed E-state index contributed by atoms with van der Waals surface area (Å²) in [5, 5.41) is 10.2. The van der Waals surface area contributed by atoms with Crippen molar-refractivity contribution >= 4 is 23.8 Å². The lowest BCUT2D eigenvalue weighted by Crippen LogP contribution is -2.68. The number of esters is 3. The number of carbonyl (C=O) groups is 4. The molecular weight excluding hydrogens is 302 g/mol. The van der Waals surface area contributed by atoms with Gasteiger partial charge in [-0.05, 0) is 0 Å². The second kappa shape index (κ2) is 6.71. The third kappa shape index (κ3) is 3.92. The number of aliphatic hydroxyl groups is 1. The maximum absolute atomic E-state index is 11.4. The minimum Gasteiger partial charge on any atom is -0.456 e. The Hall–Kier alpha value is -2.20. The summed E-state index contributed by atoms with van der Waals surface area (Å²) < 4.78 is 19.5. The Morgan fingerprint density at radius 1 is 1.05 bits per heavy atom. The van der Waals surface area contributed by atoms with Crippen LogP contribution in [0.1, 0.15) is 20.8 Å². The van der Waals surface area contributed by atoms with Gasteiger partial charge in [0.05, 0.1) is 6.61 Å². The van der Waals surface area contributed by atoms with Gasteiger partial charge in [0.1, 0.15) is 0 Å². The maximum atomic E-state index is 11.4. The highest BCUT2D eigenvalue weighted by atomic mass is 16.7. The second-order valence-electron chi connectivity index (χ2n) is 4.62. The Morgan fingerprint density at radius 2 is 1.55 bits per heavy atom. The van der Waals surface area contributed by atoms with Gasteiger partial charge >= 0.3 is 17.9 Å². The van der Waals surface area contributed by atoms with E-state index in [1.165, 1.54) is 0 Å². The van der Waals surface area contributed by atoms with E-state index in [2.05, 4.69) is 0 Å². The first-order chi connectivity index (χ1) is 10.1. The van der Waals surface area contributed by atoms with Gasteiger partial charge in [-0.1, -0.05) is 0 Å². The molecule has 0 saturated carbocycles. The fourth-order valence-electron chi connectivity index (χ4n) is 1.98. The molecule has 0 bridgehead atoms. The highest BCUT2D eigenvalue weighted by molar-refractivity contribution is 5.83. The molecule has 10 nitrogen and oxygen atoms in total. The van der Waals surface area contributed by atoms with Crippen molar-refractivity contribution < 1.29 is 43.2 Å². The van der Waals surface area contributed by atoms with Crippen LogP contribution < -0.4 is 5.73 Å². The van der Waals surface area contributed by atoms with Gasteiger partial charge in [-0.15, -0.1) is 0 Å². The van der Waals surface area contributed by atoms with E-state index in [-0.39, 0.29) is 0 Å². The number of amides is 1. The predicted octanol–water partition coefficient (Wildman–Crippen LogP) is -2.01. The lowest BCUT2D eigenvalue weighted by Gasteiger charge is -2.43. The van der Waals surface area contributed by atoms with Crippen LogP contribution in [0.25, 0.3) is 0 Å². The molecule has 1 fully saturated rings. The van der Waals surface area contributed by atoms with E-state index in [4.69, 9.17) is 24.7 Å². The minimum absolute atomic E-state index is 0.491. The van der Waals surface area contributed by atoms with E-state index >= 15 is 0 Å². The molecule has 1 aliphatic heterocycles. The predicted molar refractivity (Wildman–Crippen MR) is 66.8 cm³/mol. The van der Waals surface area contributed by atoms with Gasteiger partial charge < -0.3 is 29.8 Å². The van der Waals surface area contributed by atoms with Crippen LogP contribution in [0.4, 0.5) is 0 Å². The number of hydrogen-bond acceptors (Lipinski definition) is 9. The Bertz CT molecular complexity index is 491. The zero-order valence-corrected chi connectivity index (χ0v) is 12.2. The van der Waals surface area contributed by atoms with Crippen molar-refractivity contribution in [1.82, 2.24) is 0 Å². The van der Waals surface area contributed by atoms with Gasteiger partial charge in [0.2, 0.25) is 6.10 Å². The van der Waals surface area contributed by atoms with Crippen molar-refractivity contribution in [3.63, 3.8) is 0 Å². The van der Waals surface area contributed by atoms with Crippen LogP contribution in [0.2, 0.25) is 0 Å². The molecule has 3 N–H and O–H groups in total. The molecule has 0 aromatic heterocycles. The van der Waals surface area contributed by atoms with Crippen LogP contribution in [0.5, 0.6) is 0 Å². The standard InChI is InChI=1S/C12H17NO9/c1-5(14)20-8-4-19-12(18,11(13)17)10(22-7(3)16)9(8)21-6(2)15/h8-10,18H,4H2,1-3H3,(H2,13,17)/t8?,9?,10?,12-/m1/s1. The SMILES string of the molecule is CC(=O)OC1CO[C@@](O)(C(N)=O)C(OC(C)=O)C1OC(C)=O. The Labute approximate surface area is 125 Å². The highest BCUT2D eigenvalue weighted by Crippen LogP contribution is 2.30. The second-order valence-corrected chi connectivity index (χ2v) is 4.62. The maximum Gasteiger partial charge on any atom is 0.303 e. The van der Waals surface area contributed by atoms with E-state index < -0.39 is 54.5 Å². The molecule has 4 atom stereocenters. The van der Waals surface area contributed by atoms with Gasteiger partial charge in [-0.3, -0.25) is 19.2 Å². The van der Waals surface area contributed by atoms with Crippen LogP contribution in [-0.4, -0.2) is 59.6 Å². The molecule has 0 spiro atoms. The first-order valence-corrected chi connectivity index (χ1v) is 6.25. The minimum atomic E-state index is -2.72. The van der Waals surface area contributed by atoms with E-state index in [1.54, 1.807) is 0 Å². The third-order valence-electron chi connectivity index (χ3n) is 2.78. The Kier molecular flexibility index (Phi) is 5.44. The first-order valence-electron chi connectivity index (χ1n) is 6.25. The molecule has 0 radical (unpaired) electrons. The van der Waals surface area contributed by atoms with Crippen LogP contribution >= 0.6 is 0 Å². The number of ether oxygens (including phenoxy) is 4. The van der Waals surface area contributed by atoms with E-state index in [0.717, 1.165) is 20.8 Å². The van der Waals surface area contributed by atoms with Crippen molar-refractivity contribution in [2.45, 2.75) is 44.9 Å². The number of nitrogens with two attached hydrogens (primary N) is 1. The van der Waals surface area contributed by atoms with Crippen LogP contribution in [0, 0.1) is 0 Å². The molecule has 124 valence electrons. The van der Waals surface area contributed by atoms with Crippen molar-refractivity contribution in [2.24, 2.45) is 5.73 Å². The monoisotopic (exact) mass is 319 g/mol. The summed E-state index contributed by atoms with van der Waals surface area (Å²) in [5.41, 5.74) is 5.05. The molecule has 0 aromatic rings. The summed E-state index contributed by atoms with van der Waals surface area (Å²) in [4.78, 5) is 44.9. The van der Waals surface area contributed by atoms with Gasteiger partial charge in [0, 0.05) is 20.8 Å². The number of rotatable bonds is 4. The van der Waals surface area contributed by atoms with Gasteiger partial charge in [0.15, 0.2) is 12.2 Å². The molecular formula is C12H17NO9. The Balaban J connectivity index is 3.21. The number of carbonyl (C=O) groups excluding carboxylic acids is 4. The molecule has 1 heterocycles. The number of primary amides is 1. The average Bonchev–Trinajstić information content (AvgIpc) is 2.35. The summed E-state index contributed by atoms with van der Waals surface area (Å²) in [5.74, 6) is -6.50. The smallest absolute Gasteiger partial charge is 0.303 e.